The van der Waals surface area contributed by atoms with Crippen molar-refractivity contribution < 1.29 is 14.4 Å². The Hall–Kier alpha value is -2.21. The number of imide groups is 1. The highest BCUT2D eigenvalue weighted by molar-refractivity contribution is 6.21. The Bertz CT molecular complexity index is 724. The minimum absolute atomic E-state index is 0.0108. The Kier molecular flexibility index (Phi) is 7.20. The van der Waals surface area contributed by atoms with Crippen LogP contribution in [0.3, 0.4) is 0 Å². The van der Waals surface area contributed by atoms with Crippen molar-refractivity contribution in [2.75, 3.05) is 32.7 Å². The standard InChI is InChI=1S/C22H31N3O3/c1-17-9-10-18-19(16-17)22(28)25(21(18)27)15-6-8-20(26)23-11-7-14-24-12-4-2-3-5-13-24/h9-10,16H,2-8,11-15H2,1H3,(H,23,26). The van der Waals surface area contributed by atoms with Gasteiger partial charge in [-0.3, -0.25) is 19.3 Å². The van der Waals surface area contributed by atoms with E-state index >= 15 is 0 Å². The van der Waals surface area contributed by atoms with Gasteiger partial charge in [0, 0.05) is 19.5 Å². The lowest BCUT2D eigenvalue weighted by Crippen LogP contribution is -2.33. The summed E-state index contributed by atoms with van der Waals surface area (Å²) >= 11 is 0. The number of likely N-dealkylation sites (tertiary alicyclic amines) is 1. The fraction of sp³-hybridized carbons (Fsp3) is 0.591. The van der Waals surface area contributed by atoms with Gasteiger partial charge >= 0.3 is 0 Å². The largest absolute Gasteiger partial charge is 0.356 e. The van der Waals surface area contributed by atoms with Gasteiger partial charge in [-0.1, -0.05) is 24.5 Å². The Balaban J connectivity index is 1.33. The summed E-state index contributed by atoms with van der Waals surface area (Å²) in [4.78, 5) is 40.6. The predicted molar refractivity (Wildman–Crippen MR) is 108 cm³/mol. The van der Waals surface area contributed by atoms with Gasteiger partial charge < -0.3 is 10.2 Å². The number of nitrogens with zero attached hydrogens (tertiary/aromatic N) is 2. The Morgan fingerprint density at radius 2 is 1.68 bits per heavy atom. The summed E-state index contributed by atoms with van der Waals surface area (Å²) < 4.78 is 0. The highest BCUT2D eigenvalue weighted by atomic mass is 16.2. The summed E-state index contributed by atoms with van der Waals surface area (Å²) in [5.74, 6) is -0.511. The molecular weight excluding hydrogens is 354 g/mol. The van der Waals surface area contributed by atoms with E-state index in [2.05, 4.69) is 10.2 Å². The Labute approximate surface area is 167 Å². The van der Waals surface area contributed by atoms with E-state index in [-0.39, 0.29) is 24.3 Å². The van der Waals surface area contributed by atoms with E-state index in [0.717, 1.165) is 18.5 Å². The quantitative estimate of drug-likeness (QED) is 0.552. The summed E-state index contributed by atoms with van der Waals surface area (Å²) in [5, 5.41) is 2.96. The number of nitrogens with one attached hydrogen (secondary N) is 1. The molecule has 3 rings (SSSR count). The molecule has 0 unspecified atom stereocenters. The highest BCUT2D eigenvalue weighted by Gasteiger charge is 2.34. The first-order chi connectivity index (χ1) is 13.6. The molecule has 28 heavy (non-hydrogen) atoms. The van der Waals surface area contributed by atoms with Crippen molar-refractivity contribution in [1.29, 1.82) is 0 Å². The van der Waals surface area contributed by atoms with Crippen molar-refractivity contribution in [1.82, 2.24) is 15.1 Å². The van der Waals surface area contributed by atoms with Gasteiger partial charge in [0.2, 0.25) is 5.91 Å². The molecule has 1 aromatic rings. The normalized spacial score (nSPS) is 17.5. The number of rotatable bonds is 8. The number of carbonyl (C=O) groups excluding carboxylic acids is 3. The van der Waals surface area contributed by atoms with Crippen molar-refractivity contribution in [3.8, 4) is 0 Å². The molecule has 0 aromatic heterocycles. The third kappa shape index (κ3) is 5.19. The van der Waals surface area contributed by atoms with Crippen LogP contribution >= 0.6 is 0 Å². The zero-order chi connectivity index (χ0) is 19.9. The van der Waals surface area contributed by atoms with Crippen LogP contribution in [0.2, 0.25) is 0 Å². The molecule has 1 N–H and O–H groups in total. The first-order valence-corrected chi connectivity index (χ1v) is 10.5. The van der Waals surface area contributed by atoms with Crippen LogP contribution in [-0.2, 0) is 4.79 Å². The molecule has 0 spiro atoms. The molecule has 152 valence electrons. The van der Waals surface area contributed by atoms with Gasteiger partial charge in [0.15, 0.2) is 0 Å². The van der Waals surface area contributed by atoms with Crippen LogP contribution in [0.15, 0.2) is 18.2 Å². The fourth-order valence-corrected chi connectivity index (χ4v) is 3.98. The number of hydrogen-bond donors (Lipinski definition) is 1. The second-order valence-electron chi connectivity index (χ2n) is 7.87. The molecule has 3 amide bonds. The summed E-state index contributed by atoms with van der Waals surface area (Å²) in [5.41, 5.74) is 1.90. The highest BCUT2D eigenvalue weighted by Crippen LogP contribution is 2.24. The molecule has 0 aliphatic carbocycles. The maximum Gasteiger partial charge on any atom is 0.261 e. The molecule has 0 saturated carbocycles. The minimum atomic E-state index is -0.252. The Morgan fingerprint density at radius 3 is 2.43 bits per heavy atom. The number of carbonyl (C=O) groups is 3. The van der Waals surface area contributed by atoms with Gasteiger partial charge in [0.1, 0.15) is 0 Å². The van der Waals surface area contributed by atoms with Crippen molar-refractivity contribution in [2.45, 2.75) is 51.9 Å². The van der Waals surface area contributed by atoms with E-state index in [1.165, 1.54) is 43.7 Å². The first-order valence-electron chi connectivity index (χ1n) is 10.5. The lowest BCUT2D eigenvalue weighted by Gasteiger charge is -2.19. The molecule has 2 heterocycles. The van der Waals surface area contributed by atoms with E-state index in [1.807, 2.05) is 13.0 Å². The van der Waals surface area contributed by atoms with Crippen molar-refractivity contribution >= 4 is 17.7 Å². The zero-order valence-corrected chi connectivity index (χ0v) is 16.8. The van der Waals surface area contributed by atoms with Crippen LogP contribution in [0.5, 0.6) is 0 Å². The van der Waals surface area contributed by atoms with E-state index in [1.54, 1.807) is 12.1 Å². The maximum atomic E-state index is 12.4. The third-order valence-corrected chi connectivity index (χ3v) is 5.58. The van der Waals surface area contributed by atoms with E-state index in [0.29, 0.717) is 30.5 Å². The molecule has 1 saturated heterocycles. The average Bonchev–Trinajstić information content (AvgIpc) is 2.87. The van der Waals surface area contributed by atoms with E-state index in [4.69, 9.17) is 0 Å². The average molecular weight is 386 g/mol. The summed E-state index contributed by atoms with van der Waals surface area (Å²) in [7, 11) is 0. The van der Waals surface area contributed by atoms with Crippen LogP contribution in [0.25, 0.3) is 0 Å². The lowest BCUT2D eigenvalue weighted by atomic mass is 10.1. The van der Waals surface area contributed by atoms with Crippen molar-refractivity contribution in [3.63, 3.8) is 0 Å². The van der Waals surface area contributed by atoms with Crippen LogP contribution < -0.4 is 5.32 Å². The minimum Gasteiger partial charge on any atom is -0.356 e. The van der Waals surface area contributed by atoms with Crippen molar-refractivity contribution in [2.24, 2.45) is 0 Å². The first kappa shape index (κ1) is 20.5. The number of aryl methyl sites for hydroxylation is 1. The summed E-state index contributed by atoms with van der Waals surface area (Å²) in [6.45, 7) is 6.25. The van der Waals surface area contributed by atoms with Crippen LogP contribution in [0.4, 0.5) is 0 Å². The van der Waals surface area contributed by atoms with Gasteiger partial charge in [-0.15, -0.1) is 0 Å². The van der Waals surface area contributed by atoms with Gasteiger partial charge in [-0.2, -0.15) is 0 Å². The van der Waals surface area contributed by atoms with Crippen LogP contribution in [0.1, 0.15) is 71.2 Å². The second-order valence-corrected chi connectivity index (χ2v) is 7.87. The third-order valence-electron chi connectivity index (χ3n) is 5.58. The maximum absolute atomic E-state index is 12.4. The van der Waals surface area contributed by atoms with Crippen LogP contribution in [-0.4, -0.2) is 60.2 Å². The number of amides is 3. The Morgan fingerprint density at radius 1 is 0.964 bits per heavy atom. The molecule has 0 radical (unpaired) electrons. The molecule has 6 heteroatoms. The monoisotopic (exact) mass is 385 g/mol. The van der Waals surface area contributed by atoms with Gasteiger partial charge in [-0.05, 0) is 64.4 Å². The molecule has 1 fully saturated rings. The second kappa shape index (κ2) is 9.82. The molecule has 0 bridgehead atoms. The number of benzene rings is 1. The zero-order valence-electron chi connectivity index (χ0n) is 16.8. The molecule has 2 aliphatic heterocycles. The predicted octanol–water partition coefficient (Wildman–Crippen LogP) is 2.75. The smallest absolute Gasteiger partial charge is 0.261 e. The molecule has 2 aliphatic rings. The van der Waals surface area contributed by atoms with Crippen LogP contribution in [0, 0.1) is 6.92 Å². The summed E-state index contributed by atoms with van der Waals surface area (Å²) in [6.07, 6.45) is 7.01. The molecular formula is C22H31N3O3. The van der Waals surface area contributed by atoms with Gasteiger partial charge in [0.25, 0.3) is 11.8 Å². The molecule has 1 aromatic carbocycles. The fourth-order valence-electron chi connectivity index (χ4n) is 3.98. The molecule has 0 atom stereocenters. The van der Waals surface area contributed by atoms with Crippen molar-refractivity contribution in [3.05, 3.63) is 34.9 Å². The topological polar surface area (TPSA) is 69.7 Å². The summed E-state index contributed by atoms with van der Waals surface area (Å²) in [6, 6.07) is 5.31. The SMILES string of the molecule is Cc1ccc2c(c1)C(=O)N(CCCC(=O)NCCCN1CCCCCC1)C2=O. The van der Waals surface area contributed by atoms with Gasteiger partial charge in [0.05, 0.1) is 11.1 Å². The van der Waals surface area contributed by atoms with E-state index in [9.17, 15) is 14.4 Å². The lowest BCUT2D eigenvalue weighted by molar-refractivity contribution is -0.121. The number of hydrogen-bond acceptors (Lipinski definition) is 4. The molecule has 6 nitrogen and oxygen atoms in total. The van der Waals surface area contributed by atoms with Gasteiger partial charge in [-0.25, -0.2) is 0 Å². The van der Waals surface area contributed by atoms with E-state index < -0.39 is 0 Å². The number of fused-ring (bicyclic) bond motifs is 1.